The van der Waals surface area contributed by atoms with Crippen LogP contribution in [0.25, 0.3) is 0 Å². The van der Waals surface area contributed by atoms with Gasteiger partial charge in [0.05, 0.1) is 21.6 Å². The molecule has 5 nitrogen and oxygen atoms in total. The van der Waals surface area contributed by atoms with Gasteiger partial charge in [-0.2, -0.15) is 0 Å². The van der Waals surface area contributed by atoms with Crippen LogP contribution in [0.3, 0.4) is 0 Å². The highest BCUT2D eigenvalue weighted by Crippen LogP contribution is 2.30. The van der Waals surface area contributed by atoms with E-state index < -0.39 is 10.7 Å². The molecule has 1 atom stereocenters. The van der Waals surface area contributed by atoms with Gasteiger partial charge in [-0.25, -0.2) is 4.39 Å². The largest absolute Gasteiger partial charge is 0.377 e. The minimum absolute atomic E-state index is 0.0848. The minimum atomic E-state index is -0.662. The highest BCUT2D eigenvalue weighted by Gasteiger charge is 2.17. The smallest absolute Gasteiger partial charge is 0.295 e. The number of nitrogens with one attached hydrogen (secondary N) is 1. The van der Waals surface area contributed by atoms with Crippen molar-refractivity contribution in [3.8, 4) is 0 Å². The van der Waals surface area contributed by atoms with E-state index in [4.69, 9.17) is 4.74 Å². The normalized spacial score (nSPS) is 12.2. The van der Waals surface area contributed by atoms with E-state index >= 15 is 0 Å². The number of hydrogen-bond acceptors (Lipinski definition) is 4. The minimum Gasteiger partial charge on any atom is -0.377 e. The number of nitro benzene ring substituents is 1. The topological polar surface area (TPSA) is 64.4 Å². The van der Waals surface area contributed by atoms with E-state index in [0.717, 1.165) is 6.07 Å². The van der Waals surface area contributed by atoms with E-state index in [1.807, 2.05) is 13.8 Å². The van der Waals surface area contributed by atoms with Crippen LogP contribution < -0.4 is 5.32 Å². The Kier molecular flexibility index (Phi) is 5.49. The molecule has 1 unspecified atom stereocenters. The lowest BCUT2D eigenvalue weighted by atomic mass is 10.2. The predicted octanol–water partition coefficient (Wildman–Crippen LogP) is 3.33. The summed E-state index contributed by atoms with van der Waals surface area (Å²) in [5.41, 5.74) is -0.0285. The van der Waals surface area contributed by atoms with Gasteiger partial charge in [-0.1, -0.05) is 0 Å². The van der Waals surface area contributed by atoms with Crippen LogP contribution in [0.4, 0.5) is 15.8 Å². The number of benzene rings is 1. The summed E-state index contributed by atoms with van der Waals surface area (Å²) >= 11 is 3.00. The van der Waals surface area contributed by atoms with Gasteiger partial charge < -0.3 is 10.1 Å². The van der Waals surface area contributed by atoms with Gasteiger partial charge in [0.25, 0.3) is 5.69 Å². The number of nitro groups is 1. The van der Waals surface area contributed by atoms with E-state index in [1.165, 1.54) is 6.07 Å². The third-order valence-corrected chi connectivity index (χ3v) is 2.87. The molecule has 0 amide bonds. The molecule has 1 rings (SSSR count). The summed E-state index contributed by atoms with van der Waals surface area (Å²) in [7, 11) is 0. The molecule has 0 bridgehead atoms. The number of anilines is 1. The fraction of sp³-hybridized carbons (Fsp3) is 0.455. The Labute approximate surface area is 113 Å². The molecular weight excluding hydrogens is 307 g/mol. The van der Waals surface area contributed by atoms with Gasteiger partial charge in [0.15, 0.2) is 0 Å². The second-order valence-corrected chi connectivity index (χ2v) is 4.54. The zero-order chi connectivity index (χ0) is 13.7. The third kappa shape index (κ3) is 3.92. The highest BCUT2D eigenvalue weighted by molar-refractivity contribution is 9.10. The van der Waals surface area contributed by atoms with E-state index in [0.29, 0.717) is 13.2 Å². The Morgan fingerprint density at radius 2 is 2.28 bits per heavy atom. The molecule has 1 aromatic carbocycles. The first kappa shape index (κ1) is 14.8. The van der Waals surface area contributed by atoms with Crippen LogP contribution in [0.15, 0.2) is 16.6 Å². The quantitative estimate of drug-likeness (QED) is 0.645. The van der Waals surface area contributed by atoms with Crippen molar-refractivity contribution in [2.75, 3.05) is 18.5 Å². The first-order chi connectivity index (χ1) is 8.45. The highest BCUT2D eigenvalue weighted by atomic mass is 79.9. The lowest BCUT2D eigenvalue weighted by Crippen LogP contribution is -2.20. The van der Waals surface area contributed by atoms with Crippen molar-refractivity contribution in [2.45, 2.75) is 20.0 Å². The maximum atomic E-state index is 13.2. The molecule has 0 aliphatic rings. The zero-order valence-corrected chi connectivity index (χ0v) is 11.7. The molecule has 0 radical (unpaired) electrons. The Bertz CT molecular complexity index is 443. The number of rotatable bonds is 6. The second-order valence-electron chi connectivity index (χ2n) is 3.69. The first-order valence-corrected chi connectivity index (χ1v) is 6.24. The van der Waals surface area contributed by atoms with Gasteiger partial charge in [-0.3, -0.25) is 10.1 Å². The van der Waals surface area contributed by atoms with E-state index in [9.17, 15) is 14.5 Å². The van der Waals surface area contributed by atoms with Crippen molar-refractivity contribution in [1.82, 2.24) is 0 Å². The van der Waals surface area contributed by atoms with Crippen LogP contribution >= 0.6 is 15.9 Å². The molecule has 1 N–H and O–H groups in total. The molecule has 0 saturated carbocycles. The van der Waals surface area contributed by atoms with Crippen molar-refractivity contribution in [1.29, 1.82) is 0 Å². The molecule has 0 spiro atoms. The van der Waals surface area contributed by atoms with Crippen LogP contribution in [0, 0.1) is 15.9 Å². The number of halogens is 2. The van der Waals surface area contributed by atoms with Gasteiger partial charge >= 0.3 is 0 Å². The monoisotopic (exact) mass is 320 g/mol. The molecule has 0 heterocycles. The van der Waals surface area contributed by atoms with Crippen molar-refractivity contribution < 1.29 is 14.1 Å². The Morgan fingerprint density at radius 3 is 2.83 bits per heavy atom. The molecule has 1 aromatic rings. The molecule has 0 aliphatic carbocycles. The summed E-state index contributed by atoms with van der Waals surface area (Å²) in [6, 6.07) is 2.24. The summed E-state index contributed by atoms with van der Waals surface area (Å²) in [5.74, 6) is -0.662. The zero-order valence-electron chi connectivity index (χ0n) is 10.1. The Balaban J connectivity index is 2.86. The Morgan fingerprint density at radius 1 is 1.61 bits per heavy atom. The van der Waals surface area contributed by atoms with Crippen LogP contribution in [0.2, 0.25) is 0 Å². The molecule has 18 heavy (non-hydrogen) atoms. The van der Waals surface area contributed by atoms with Gasteiger partial charge in [0, 0.05) is 13.2 Å². The van der Waals surface area contributed by atoms with Crippen LogP contribution in [0.1, 0.15) is 13.8 Å². The van der Waals surface area contributed by atoms with Crippen molar-refractivity contribution in [3.05, 3.63) is 32.5 Å². The second kappa shape index (κ2) is 6.65. The predicted molar refractivity (Wildman–Crippen MR) is 70.3 cm³/mol. The first-order valence-electron chi connectivity index (χ1n) is 5.44. The van der Waals surface area contributed by atoms with Crippen LogP contribution in [-0.2, 0) is 4.74 Å². The Hall–Kier alpha value is -1.21. The van der Waals surface area contributed by atoms with E-state index in [-0.39, 0.29) is 22.0 Å². The summed E-state index contributed by atoms with van der Waals surface area (Å²) in [6.45, 7) is 4.69. The maximum Gasteiger partial charge on any atom is 0.295 e. The van der Waals surface area contributed by atoms with Gasteiger partial charge in [0.2, 0.25) is 0 Å². The van der Waals surface area contributed by atoms with E-state index in [2.05, 4.69) is 21.2 Å². The molecule has 7 heteroatoms. The summed E-state index contributed by atoms with van der Waals surface area (Å²) in [5, 5.41) is 13.7. The molecule has 0 aliphatic heterocycles. The van der Waals surface area contributed by atoms with Gasteiger partial charge in [-0.05, 0) is 35.8 Å². The van der Waals surface area contributed by atoms with Gasteiger partial charge in [-0.15, -0.1) is 0 Å². The fourth-order valence-corrected chi connectivity index (χ4v) is 1.77. The number of nitrogens with zero attached hydrogens (tertiary/aromatic N) is 1. The molecule has 0 aromatic heterocycles. The third-order valence-electron chi connectivity index (χ3n) is 2.27. The lowest BCUT2D eigenvalue weighted by molar-refractivity contribution is -0.384. The van der Waals surface area contributed by atoms with E-state index in [1.54, 1.807) is 0 Å². The fourth-order valence-electron chi connectivity index (χ4n) is 1.43. The van der Waals surface area contributed by atoms with Gasteiger partial charge in [0.1, 0.15) is 11.5 Å². The van der Waals surface area contributed by atoms with Crippen LogP contribution in [-0.4, -0.2) is 24.2 Å². The van der Waals surface area contributed by atoms with Crippen molar-refractivity contribution >= 4 is 27.3 Å². The van der Waals surface area contributed by atoms with Crippen LogP contribution in [0.5, 0.6) is 0 Å². The van der Waals surface area contributed by atoms with Crippen molar-refractivity contribution in [2.24, 2.45) is 0 Å². The molecule has 0 fully saturated rings. The lowest BCUT2D eigenvalue weighted by Gasteiger charge is -2.14. The summed E-state index contributed by atoms with van der Waals surface area (Å²) in [4.78, 5) is 10.2. The average Bonchev–Trinajstić information content (AvgIpc) is 2.30. The average molecular weight is 321 g/mol. The number of ether oxygens (including phenoxy) is 1. The summed E-state index contributed by atoms with van der Waals surface area (Å²) in [6.07, 6.45) is -0.0848. The maximum absolute atomic E-state index is 13.2. The molecule has 0 saturated heterocycles. The molecule has 100 valence electrons. The SMILES string of the molecule is CCOC(C)CNc1cc(Br)c(F)cc1[N+](=O)[O-]. The standard InChI is InChI=1S/C11H14BrFN2O3/c1-3-18-7(2)6-14-10-4-8(12)9(13)5-11(10)15(16)17/h4-5,7,14H,3,6H2,1-2H3. The summed E-state index contributed by atoms with van der Waals surface area (Å²) < 4.78 is 18.7. The van der Waals surface area contributed by atoms with Crippen molar-refractivity contribution in [3.63, 3.8) is 0 Å². The number of hydrogen-bond donors (Lipinski definition) is 1. The molecular formula is C11H14BrFN2O3.